The second kappa shape index (κ2) is 4.26. The van der Waals surface area contributed by atoms with Crippen LogP contribution in [0, 0.1) is 5.82 Å². The Morgan fingerprint density at radius 1 is 1.43 bits per heavy atom. The fourth-order valence-electron chi connectivity index (χ4n) is 1.83. The van der Waals surface area contributed by atoms with Crippen molar-refractivity contribution >= 4 is 12.4 Å². The fraction of sp³-hybridized carbons (Fsp3) is 0.400. The Labute approximate surface area is 88.3 Å². The lowest BCUT2D eigenvalue weighted by atomic mass is 9.86. The summed E-state index contributed by atoms with van der Waals surface area (Å²) in [6.07, 6.45) is 0.632. The van der Waals surface area contributed by atoms with Crippen LogP contribution in [0.25, 0.3) is 0 Å². The summed E-state index contributed by atoms with van der Waals surface area (Å²) in [5.74, 6) is -0.347. The highest BCUT2D eigenvalue weighted by molar-refractivity contribution is 5.85. The molecule has 78 valence electrons. The van der Waals surface area contributed by atoms with E-state index >= 15 is 0 Å². The first-order chi connectivity index (χ1) is 6.20. The Morgan fingerprint density at radius 2 is 2.14 bits per heavy atom. The number of hydrogen-bond acceptors (Lipinski definition) is 2. The van der Waals surface area contributed by atoms with Crippen LogP contribution in [0.5, 0.6) is 0 Å². The third-order valence-electron chi connectivity index (χ3n) is 2.59. The van der Waals surface area contributed by atoms with E-state index in [1.165, 1.54) is 6.07 Å². The molecule has 0 heterocycles. The van der Waals surface area contributed by atoms with Gasteiger partial charge >= 0.3 is 0 Å². The zero-order valence-corrected chi connectivity index (χ0v) is 8.43. The number of aliphatic hydroxyl groups is 1. The van der Waals surface area contributed by atoms with Gasteiger partial charge in [0.1, 0.15) is 5.82 Å². The van der Waals surface area contributed by atoms with E-state index in [0.29, 0.717) is 5.56 Å². The summed E-state index contributed by atoms with van der Waals surface area (Å²) in [5, 5.41) is 9.65. The van der Waals surface area contributed by atoms with Crippen LogP contribution in [0.3, 0.4) is 0 Å². The zero-order valence-electron chi connectivity index (χ0n) is 7.61. The quantitative estimate of drug-likeness (QED) is 0.693. The molecule has 0 aliphatic heterocycles. The van der Waals surface area contributed by atoms with Crippen LogP contribution in [-0.4, -0.2) is 11.1 Å². The van der Waals surface area contributed by atoms with E-state index in [4.69, 9.17) is 5.73 Å². The summed E-state index contributed by atoms with van der Waals surface area (Å²) in [6, 6.07) is 4.54. The van der Waals surface area contributed by atoms with Crippen LogP contribution in [0.4, 0.5) is 4.39 Å². The molecule has 0 bridgehead atoms. The topological polar surface area (TPSA) is 46.2 Å². The van der Waals surface area contributed by atoms with Crippen molar-refractivity contribution in [2.24, 2.45) is 5.73 Å². The summed E-state index contributed by atoms with van der Waals surface area (Å²) in [7, 11) is 0. The molecule has 2 unspecified atom stereocenters. The average Bonchev–Trinajstić information content (AvgIpc) is 2.12. The van der Waals surface area contributed by atoms with Gasteiger partial charge in [0, 0.05) is 11.6 Å². The van der Waals surface area contributed by atoms with Crippen LogP contribution >= 0.6 is 12.4 Å². The maximum absolute atomic E-state index is 13.3. The first-order valence-corrected chi connectivity index (χ1v) is 4.41. The lowest BCUT2D eigenvalue weighted by molar-refractivity contribution is 0.129. The van der Waals surface area contributed by atoms with Crippen molar-refractivity contribution < 1.29 is 9.50 Å². The van der Waals surface area contributed by atoms with Crippen LogP contribution in [-0.2, 0) is 6.42 Å². The van der Waals surface area contributed by atoms with Gasteiger partial charge < -0.3 is 10.8 Å². The lowest BCUT2D eigenvalue weighted by Gasteiger charge is -2.27. The number of benzene rings is 1. The van der Waals surface area contributed by atoms with Crippen molar-refractivity contribution in [1.29, 1.82) is 0 Å². The molecule has 1 aromatic rings. The number of hydrogen-bond donors (Lipinski definition) is 2. The van der Waals surface area contributed by atoms with Gasteiger partial charge in [0.2, 0.25) is 0 Å². The normalized spacial score (nSPS) is 25.1. The molecule has 1 aliphatic carbocycles. The molecule has 0 radical (unpaired) electrons. The van der Waals surface area contributed by atoms with E-state index < -0.39 is 6.10 Å². The van der Waals surface area contributed by atoms with Gasteiger partial charge in [-0.1, -0.05) is 12.1 Å². The van der Waals surface area contributed by atoms with Gasteiger partial charge in [-0.3, -0.25) is 0 Å². The van der Waals surface area contributed by atoms with Gasteiger partial charge in [0.05, 0.1) is 6.10 Å². The molecule has 1 aliphatic rings. The van der Waals surface area contributed by atoms with Crippen LogP contribution in [0.1, 0.15) is 23.7 Å². The third kappa shape index (κ3) is 1.75. The molecule has 2 atom stereocenters. The summed E-state index contributed by atoms with van der Waals surface area (Å²) >= 11 is 0. The Kier molecular flexibility index (Phi) is 3.48. The maximum atomic E-state index is 13.3. The highest BCUT2D eigenvalue weighted by Crippen LogP contribution is 2.30. The van der Waals surface area contributed by atoms with Crippen LogP contribution < -0.4 is 5.73 Å². The average molecular weight is 218 g/mol. The molecule has 0 amide bonds. The summed E-state index contributed by atoms with van der Waals surface area (Å²) in [4.78, 5) is 0. The molecule has 0 spiro atoms. The molecule has 2 nitrogen and oxygen atoms in total. The summed E-state index contributed by atoms with van der Waals surface area (Å²) in [5.41, 5.74) is 6.92. The minimum atomic E-state index is -0.843. The van der Waals surface area contributed by atoms with Gasteiger partial charge in [-0.05, 0) is 24.5 Å². The van der Waals surface area contributed by atoms with E-state index in [0.717, 1.165) is 18.4 Å². The molecular weight excluding hydrogens is 205 g/mol. The zero-order chi connectivity index (χ0) is 9.42. The first-order valence-electron chi connectivity index (χ1n) is 4.41. The van der Waals surface area contributed by atoms with Crippen molar-refractivity contribution in [1.82, 2.24) is 0 Å². The van der Waals surface area contributed by atoms with Crippen molar-refractivity contribution in [2.75, 3.05) is 0 Å². The number of nitrogens with two attached hydrogens (primary N) is 1. The predicted molar refractivity (Wildman–Crippen MR) is 54.9 cm³/mol. The minimum absolute atomic E-state index is 0. The molecule has 2 rings (SSSR count). The molecule has 0 saturated heterocycles. The molecule has 0 saturated carbocycles. The SMILES string of the molecule is Cl.NC1CCc2cccc(F)c2C1O. The van der Waals surface area contributed by atoms with Crippen LogP contribution in [0.15, 0.2) is 18.2 Å². The molecular formula is C10H13ClFNO. The fourth-order valence-corrected chi connectivity index (χ4v) is 1.83. The van der Waals surface area contributed by atoms with Gasteiger partial charge in [-0.2, -0.15) is 0 Å². The predicted octanol–water partition coefficient (Wildman–Crippen LogP) is 1.55. The number of rotatable bonds is 0. The van der Waals surface area contributed by atoms with E-state index in [9.17, 15) is 9.50 Å². The maximum Gasteiger partial charge on any atom is 0.129 e. The smallest absolute Gasteiger partial charge is 0.129 e. The van der Waals surface area contributed by atoms with Crippen molar-refractivity contribution in [3.63, 3.8) is 0 Å². The molecule has 1 aromatic carbocycles. The minimum Gasteiger partial charge on any atom is -0.387 e. The van der Waals surface area contributed by atoms with Crippen molar-refractivity contribution in [2.45, 2.75) is 25.0 Å². The second-order valence-corrected chi connectivity index (χ2v) is 3.46. The summed E-state index contributed by atoms with van der Waals surface area (Å²) in [6.45, 7) is 0. The van der Waals surface area contributed by atoms with Crippen molar-refractivity contribution in [3.05, 3.63) is 35.1 Å². The van der Waals surface area contributed by atoms with Gasteiger partial charge in [-0.15, -0.1) is 12.4 Å². The van der Waals surface area contributed by atoms with Gasteiger partial charge in [-0.25, -0.2) is 4.39 Å². The number of aryl methyl sites for hydroxylation is 1. The molecule has 4 heteroatoms. The van der Waals surface area contributed by atoms with Gasteiger partial charge in [0.15, 0.2) is 0 Å². The molecule has 3 N–H and O–H groups in total. The first kappa shape index (κ1) is 11.4. The largest absolute Gasteiger partial charge is 0.387 e. The number of aliphatic hydroxyl groups excluding tert-OH is 1. The standard InChI is InChI=1S/C10H12FNO.ClH/c11-7-3-1-2-6-4-5-8(12)10(13)9(6)7;/h1-3,8,10,13H,4-5,12H2;1H. The Hall–Kier alpha value is -0.640. The number of fused-ring (bicyclic) bond motifs is 1. The van der Waals surface area contributed by atoms with Gasteiger partial charge in [0.25, 0.3) is 0 Å². The Bertz CT molecular complexity index is 332. The molecule has 0 aromatic heterocycles. The Balaban J connectivity index is 0.000000980. The second-order valence-electron chi connectivity index (χ2n) is 3.46. The highest BCUT2D eigenvalue weighted by Gasteiger charge is 2.27. The monoisotopic (exact) mass is 217 g/mol. The van der Waals surface area contributed by atoms with E-state index in [1.54, 1.807) is 6.07 Å². The molecule has 0 fully saturated rings. The van der Waals surface area contributed by atoms with E-state index in [-0.39, 0.29) is 24.3 Å². The highest BCUT2D eigenvalue weighted by atomic mass is 35.5. The lowest BCUT2D eigenvalue weighted by Crippen LogP contribution is -2.33. The van der Waals surface area contributed by atoms with E-state index in [2.05, 4.69) is 0 Å². The van der Waals surface area contributed by atoms with E-state index in [1.807, 2.05) is 6.07 Å². The van der Waals surface area contributed by atoms with Crippen molar-refractivity contribution in [3.8, 4) is 0 Å². The number of halogens is 2. The summed E-state index contributed by atoms with van der Waals surface area (Å²) < 4.78 is 13.3. The van der Waals surface area contributed by atoms with Crippen LogP contribution in [0.2, 0.25) is 0 Å². The molecule has 14 heavy (non-hydrogen) atoms. The third-order valence-corrected chi connectivity index (χ3v) is 2.59. The Morgan fingerprint density at radius 3 is 2.86 bits per heavy atom.